The average Bonchev–Trinajstić information content (AvgIpc) is 2.98. The molecule has 0 atom stereocenters. The van der Waals surface area contributed by atoms with Crippen molar-refractivity contribution in [2.24, 2.45) is 0 Å². The molecule has 0 saturated heterocycles. The number of ether oxygens (including phenoxy) is 1. The minimum Gasteiger partial charge on any atom is -0.367 e. The van der Waals surface area contributed by atoms with E-state index in [2.05, 4.69) is 24.4 Å². The molecule has 0 aliphatic carbocycles. The van der Waals surface area contributed by atoms with Crippen LogP contribution in [0.5, 0.6) is 0 Å². The Labute approximate surface area is 176 Å². The lowest BCUT2D eigenvalue weighted by atomic mass is 10.2. The smallest absolute Gasteiger partial charge is 0.249 e. The van der Waals surface area contributed by atoms with Crippen molar-refractivity contribution in [3.05, 3.63) is 46.5 Å². The summed E-state index contributed by atoms with van der Waals surface area (Å²) in [5, 5.41) is 3.36. The quantitative estimate of drug-likeness (QED) is 0.575. The van der Waals surface area contributed by atoms with Crippen LogP contribution in [0.1, 0.15) is 22.6 Å². The number of anilines is 1. The highest BCUT2D eigenvalue weighted by Crippen LogP contribution is 2.20. The van der Waals surface area contributed by atoms with E-state index < -0.39 is 0 Å². The van der Waals surface area contributed by atoms with Crippen molar-refractivity contribution in [3.63, 3.8) is 0 Å². The van der Waals surface area contributed by atoms with Crippen LogP contribution in [0.2, 0.25) is 0 Å². The number of hydrogen-bond donors (Lipinski definition) is 2. The molecule has 0 fully saturated rings. The third-order valence-corrected chi connectivity index (χ3v) is 5.39. The summed E-state index contributed by atoms with van der Waals surface area (Å²) in [5.41, 5.74) is 1.91. The summed E-state index contributed by atoms with van der Waals surface area (Å²) in [5.74, 6) is -0.427. The molecule has 8 heteroatoms. The highest BCUT2D eigenvalue weighted by atomic mass is 32.1. The molecule has 1 aromatic carbocycles. The first-order valence-corrected chi connectivity index (χ1v) is 10.6. The van der Waals surface area contributed by atoms with E-state index in [0.29, 0.717) is 18.3 Å². The first-order chi connectivity index (χ1) is 13.8. The molecule has 158 valence electrons. The highest BCUT2D eigenvalue weighted by Gasteiger charge is 2.19. The Balaban J connectivity index is 1.89. The van der Waals surface area contributed by atoms with Gasteiger partial charge in [-0.25, -0.2) is 4.98 Å². The fourth-order valence-corrected chi connectivity index (χ4v) is 3.53. The fourth-order valence-electron chi connectivity index (χ4n) is 2.70. The summed E-state index contributed by atoms with van der Waals surface area (Å²) in [4.78, 5) is 33.4. The molecule has 29 heavy (non-hydrogen) atoms. The molecular weight excluding hydrogens is 388 g/mol. The van der Waals surface area contributed by atoms with Gasteiger partial charge in [-0.15, -0.1) is 11.3 Å². The van der Waals surface area contributed by atoms with Crippen LogP contribution in [0.15, 0.2) is 30.3 Å². The van der Waals surface area contributed by atoms with Crippen LogP contribution in [-0.4, -0.2) is 62.0 Å². The monoisotopic (exact) mass is 419 g/mol. The molecule has 1 aromatic heterocycles. The molecule has 0 aliphatic heterocycles. The lowest BCUT2D eigenvalue weighted by molar-refractivity contribution is -0.858. The van der Waals surface area contributed by atoms with Crippen molar-refractivity contribution in [1.29, 1.82) is 0 Å². The summed E-state index contributed by atoms with van der Waals surface area (Å²) in [6.45, 7) is 5.62. The Kier molecular flexibility index (Phi) is 9.24. The Morgan fingerprint density at radius 3 is 2.55 bits per heavy atom. The number of nitrogens with one attached hydrogen (secondary N) is 2. The predicted octanol–water partition coefficient (Wildman–Crippen LogP) is 1.28. The fraction of sp³-hybridized carbons (Fsp3) is 0.476. The van der Waals surface area contributed by atoms with Gasteiger partial charge in [0.2, 0.25) is 11.8 Å². The van der Waals surface area contributed by atoms with Gasteiger partial charge in [0.25, 0.3) is 0 Å². The van der Waals surface area contributed by atoms with Gasteiger partial charge in [-0.1, -0.05) is 30.3 Å². The van der Waals surface area contributed by atoms with Crippen LogP contribution in [-0.2, 0) is 20.9 Å². The molecule has 0 aliphatic rings. The minimum atomic E-state index is -0.243. The van der Waals surface area contributed by atoms with E-state index in [1.807, 2.05) is 44.2 Å². The average molecular weight is 420 g/mol. The van der Waals surface area contributed by atoms with Crippen LogP contribution in [0.4, 0.5) is 5.13 Å². The van der Waals surface area contributed by atoms with E-state index in [9.17, 15) is 9.59 Å². The molecule has 0 radical (unpaired) electrons. The van der Waals surface area contributed by atoms with Crippen molar-refractivity contribution in [2.45, 2.75) is 26.9 Å². The van der Waals surface area contributed by atoms with Gasteiger partial charge in [-0.2, -0.15) is 0 Å². The number of carbonyl (C=O) groups excluding carboxylic acids is 2. The first-order valence-electron chi connectivity index (χ1n) is 9.77. The topological polar surface area (TPSA) is 76.0 Å². The Morgan fingerprint density at radius 1 is 1.21 bits per heavy atom. The van der Waals surface area contributed by atoms with Crippen molar-refractivity contribution in [1.82, 2.24) is 9.88 Å². The molecule has 1 heterocycles. The van der Waals surface area contributed by atoms with Gasteiger partial charge in [0.15, 0.2) is 5.13 Å². The number of carbonyl (C=O) groups is 2. The summed E-state index contributed by atoms with van der Waals surface area (Å²) >= 11 is 1.44. The van der Waals surface area contributed by atoms with Crippen LogP contribution in [0.3, 0.4) is 0 Å². The van der Waals surface area contributed by atoms with Gasteiger partial charge in [-0.05, 0) is 19.4 Å². The van der Waals surface area contributed by atoms with Gasteiger partial charge in [-0.3, -0.25) is 9.59 Å². The first kappa shape index (κ1) is 23.0. The van der Waals surface area contributed by atoms with E-state index in [1.165, 1.54) is 16.2 Å². The second-order valence-corrected chi connectivity index (χ2v) is 8.52. The maximum atomic E-state index is 12.7. The number of amides is 2. The number of nitrogens with zero attached hydrogens (tertiary/aromatic N) is 2. The van der Waals surface area contributed by atoms with E-state index in [-0.39, 0.29) is 25.0 Å². The van der Waals surface area contributed by atoms with Crippen molar-refractivity contribution in [2.75, 3.05) is 45.7 Å². The Hall–Kier alpha value is -2.29. The van der Waals surface area contributed by atoms with Gasteiger partial charge in [0.1, 0.15) is 6.61 Å². The van der Waals surface area contributed by atoms with Crippen molar-refractivity contribution in [3.8, 4) is 0 Å². The normalized spacial score (nSPS) is 10.9. The van der Waals surface area contributed by atoms with Crippen molar-refractivity contribution < 1.29 is 19.2 Å². The SMILES string of the molecule is Cc1nc(NC(=O)CN(CCC[NH+](C)C)C(=O)COCc2ccccc2)sc1C. The maximum Gasteiger partial charge on any atom is 0.249 e. The highest BCUT2D eigenvalue weighted by molar-refractivity contribution is 7.15. The second-order valence-electron chi connectivity index (χ2n) is 7.31. The van der Waals surface area contributed by atoms with Crippen LogP contribution in [0, 0.1) is 13.8 Å². The number of rotatable bonds is 11. The lowest BCUT2D eigenvalue weighted by Gasteiger charge is -2.22. The molecule has 0 saturated carbocycles. The Bertz CT molecular complexity index is 773. The summed E-state index contributed by atoms with van der Waals surface area (Å²) in [6.07, 6.45) is 0.815. The summed E-state index contributed by atoms with van der Waals surface area (Å²) in [7, 11) is 4.13. The zero-order valence-electron chi connectivity index (χ0n) is 17.7. The second kappa shape index (κ2) is 11.6. The number of aromatic nitrogens is 1. The molecule has 0 unspecified atom stereocenters. The van der Waals surface area contributed by atoms with Crippen LogP contribution < -0.4 is 10.2 Å². The largest absolute Gasteiger partial charge is 0.367 e. The Morgan fingerprint density at radius 2 is 1.93 bits per heavy atom. The van der Waals surface area contributed by atoms with Gasteiger partial charge < -0.3 is 19.9 Å². The lowest BCUT2D eigenvalue weighted by Crippen LogP contribution is -3.05. The molecule has 2 N–H and O–H groups in total. The van der Waals surface area contributed by atoms with E-state index in [1.54, 1.807) is 4.90 Å². The molecule has 0 bridgehead atoms. The number of thiazole rings is 1. The molecule has 0 spiro atoms. The number of hydrogen-bond acceptors (Lipinski definition) is 5. The molecule has 2 rings (SSSR count). The third kappa shape index (κ3) is 8.31. The van der Waals surface area contributed by atoms with Crippen LogP contribution in [0.25, 0.3) is 0 Å². The molecular formula is C21H31N4O3S+. The predicted molar refractivity (Wildman–Crippen MR) is 115 cm³/mol. The van der Waals surface area contributed by atoms with E-state index in [4.69, 9.17) is 4.74 Å². The zero-order valence-corrected chi connectivity index (χ0v) is 18.5. The number of benzene rings is 1. The third-order valence-electron chi connectivity index (χ3n) is 4.40. The number of aryl methyl sites for hydroxylation is 2. The van der Waals surface area contributed by atoms with Crippen molar-refractivity contribution >= 4 is 28.3 Å². The van der Waals surface area contributed by atoms with Crippen LogP contribution >= 0.6 is 11.3 Å². The molecule has 2 amide bonds. The standard InChI is InChI=1S/C21H30N4O3S/c1-16-17(2)29-21(22-16)23-19(26)13-25(12-8-11-24(3)4)20(27)15-28-14-18-9-6-5-7-10-18/h5-7,9-10H,8,11-15H2,1-4H3,(H,22,23,26)/p+1. The van der Waals surface area contributed by atoms with E-state index in [0.717, 1.165) is 29.1 Å². The summed E-state index contributed by atoms with van der Waals surface area (Å²) in [6, 6.07) is 9.71. The van der Waals surface area contributed by atoms with E-state index >= 15 is 0 Å². The number of quaternary nitrogens is 1. The maximum absolute atomic E-state index is 12.7. The van der Waals surface area contributed by atoms with Gasteiger partial charge in [0.05, 0.1) is 39.5 Å². The van der Waals surface area contributed by atoms with Gasteiger partial charge >= 0.3 is 0 Å². The summed E-state index contributed by atoms with van der Waals surface area (Å²) < 4.78 is 5.57. The zero-order chi connectivity index (χ0) is 21.2. The molecule has 2 aromatic rings. The molecule has 7 nitrogen and oxygen atoms in total. The minimum absolute atomic E-state index is 0.00598. The van der Waals surface area contributed by atoms with Gasteiger partial charge in [0, 0.05) is 17.8 Å².